The molecule has 0 unspecified atom stereocenters. The Balaban J connectivity index is 1.28. The van der Waals surface area contributed by atoms with Crippen LogP contribution in [0.2, 0.25) is 5.15 Å². The quantitative estimate of drug-likeness (QED) is 0.523. The molecule has 1 spiro atoms. The molecular formula is C24H28ClN5O2. The van der Waals surface area contributed by atoms with E-state index in [4.69, 9.17) is 21.1 Å². The minimum atomic E-state index is 0.0793. The van der Waals surface area contributed by atoms with E-state index in [1.165, 1.54) is 12.8 Å². The van der Waals surface area contributed by atoms with Gasteiger partial charge < -0.3 is 14.4 Å². The van der Waals surface area contributed by atoms with Crippen LogP contribution in [-0.2, 0) is 16.0 Å². The standard InChI is InChI=1S/C24H28ClN5O2/c25-22-14-21(30-7-5-24(6-8-30)4-1-11-32-24)20(17-26-22)2-3-23-27-15-19(16-28-23)18-29-9-12-31-13-10-29/h14-17H,1,4-13,18H2. The molecule has 0 saturated carbocycles. The van der Waals surface area contributed by atoms with E-state index in [1.807, 2.05) is 18.5 Å². The van der Waals surface area contributed by atoms with Gasteiger partial charge in [0, 0.05) is 69.6 Å². The summed E-state index contributed by atoms with van der Waals surface area (Å²) in [5, 5.41) is 0.478. The first kappa shape index (κ1) is 21.6. The van der Waals surface area contributed by atoms with E-state index in [-0.39, 0.29) is 5.60 Å². The molecule has 0 bridgehead atoms. The summed E-state index contributed by atoms with van der Waals surface area (Å²) in [6.45, 7) is 7.05. The maximum atomic E-state index is 6.22. The highest BCUT2D eigenvalue weighted by Crippen LogP contribution is 2.37. The summed E-state index contributed by atoms with van der Waals surface area (Å²) in [6, 6.07) is 1.91. The number of piperidine rings is 1. The fraction of sp³-hybridized carbons (Fsp3) is 0.542. The summed E-state index contributed by atoms with van der Waals surface area (Å²) in [4.78, 5) is 17.8. The van der Waals surface area contributed by atoms with E-state index >= 15 is 0 Å². The third-order valence-corrected chi connectivity index (χ3v) is 6.78. The number of aromatic nitrogens is 3. The summed E-state index contributed by atoms with van der Waals surface area (Å²) < 4.78 is 11.5. The van der Waals surface area contributed by atoms with Gasteiger partial charge in [-0.25, -0.2) is 15.0 Å². The Morgan fingerprint density at radius 1 is 0.938 bits per heavy atom. The van der Waals surface area contributed by atoms with Gasteiger partial charge in [0.15, 0.2) is 0 Å². The van der Waals surface area contributed by atoms with Gasteiger partial charge >= 0.3 is 0 Å². The zero-order chi connectivity index (χ0) is 21.8. The number of ether oxygens (including phenoxy) is 2. The third kappa shape index (κ3) is 5.05. The zero-order valence-electron chi connectivity index (χ0n) is 18.2. The van der Waals surface area contributed by atoms with Crippen molar-refractivity contribution >= 4 is 17.3 Å². The average Bonchev–Trinajstić information content (AvgIpc) is 3.28. The number of anilines is 1. The van der Waals surface area contributed by atoms with Gasteiger partial charge in [-0.05, 0) is 31.6 Å². The van der Waals surface area contributed by atoms with E-state index in [9.17, 15) is 0 Å². The van der Waals surface area contributed by atoms with E-state index in [0.717, 1.165) is 82.2 Å². The molecule has 32 heavy (non-hydrogen) atoms. The average molecular weight is 454 g/mol. The molecule has 8 heteroatoms. The van der Waals surface area contributed by atoms with Gasteiger partial charge in [0.05, 0.1) is 30.1 Å². The van der Waals surface area contributed by atoms with Crippen molar-refractivity contribution in [3.8, 4) is 11.8 Å². The van der Waals surface area contributed by atoms with Gasteiger partial charge in [-0.1, -0.05) is 17.5 Å². The minimum absolute atomic E-state index is 0.0793. The van der Waals surface area contributed by atoms with Crippen LogP contribution in [0.25, 0.3) is 0 Å². The second kappa shape index (κ2) is 9.72. The molecule has 0 aliphatic carbocycles. The van der Waals surface area contributed by atoms with Gasteiger partial charge in [0.25, 0.3) is 0 Å². The highest BCUT2D eigenvalue weighted by atomic mass is 35.5. The molecule has 0 N–H and O–H groups in total. The second-order valence-electron chi connectivity index (χ2n) is 8.70. The molecule has 3 fully saturated rings. The molecule has 168 valence electrons. The van der Waals surface area contributed by atoms with Gasteiger partial charge in [-0.15, -0.1) is 0 Å². The Labute approximate surface area is 194 Å². The first-order chi connectivity index (χ1) is 15.7. The summed E-state index contributed by atoms with van der Waals surface area (Å²) in [5.41, 5.74) is 3.03. The fourth-order valence-corrected chi connectivity index (χ4v) is 4.88. The summed E-state index contributed by atoms with van der Waals surface area (Å²) in [5.74, 6) is 6.83. The number of pyridine rings is 1. The van der Waals surface area contributed by atoms with E-state index in [1.54, 1.807) is 6.20 Å². The smallest absolute Gasteiger partial charge is 0.205 e. The normalized spacial score (nSPS) is 20.8. The van der Waals surface area contributed by atoms with E-state index in [2.05, 4.69) is 36.6 Å². The van der Waals surface area contributed by atoms with Crippen molar-refractivity contribution in [2.45, 2.75) is 37.8 Å². The number of rotatable bonds is 3. The van der Waals surface area contributed by atoms with Crippen molar-refractivity contribution < 1.29 is 9.47 Å². The number of nitrogens with zero attached hydrogens (tertiary/aromatic N) is 5. The van der Waals surface area contributed by atoms with Gasteiger partial charge in [0.1, 0.15) is 5.15 Å². The molecule has 3 aliphatic heterocycles. The van der Waals surface area contributed by atoms with Gasteiger partial charge in [0.2, 0.25) is 5.82 Å². The fourth-order valence-electron chi connectivity index (χ4n) is 4.72. The Kier molecular flexibility index (Phi) is 6.56. The summed E-state index contributed by atoms with van der Waals surface area (Å²) in [6.07, 6.45) is 9.87. The van der Waals surface area contributed by atoms with Crippen LogP contribution in [0.15, 0.2) is 24.7 Å². The van der Waals surface area contributed by atoms with Crippen molar-refractivity contribution in [1.29, 1.82) is 0 Å². The second-order valence-corrected chi connectivity index (χ2v) is 9.09. The molecule has 3 aliphatic rings. The number of hydrogen-bond acceptors (Lipinski definition) is 7. The van der Waals surface area contributed by atoms with Crippen LogP contribution in [-0.4, -0.2) is 71.5 Å². The van der Waals surface area contributed by atoms with Crippen molar-refractivity contribution in [3.05, 3.63) is 46.8 Å². The number of hydrogen-bond donors (Lipinski definition) is 0. The molecule has 0 aromatic carbocycles. The van der Waals surface area contributed by atoms with Crippen molar-refractivity contribution in [3.63, 3.8) is 0 Å². The lowest BCUT2D eigenvalue weighted by Gasteiger charge is -2.40. The Morgan fingerprint density at radius 3 is 2.44 bits per heavy atom. The lowest BCUT2D eigenvalue weighted by atomic mass is 9.88. The predicted octanol–water partition coefficient (Wildman–Crippen LogP) is 2.91. The minimum Gasteiger partial charge on any atom is -0.379 e. The first-order valence-electron chi connectivity index (χ1n) is 11.4. The molecular weight excluding hydrogens is 426 g/mol. The molecule has 5 rings (SSSR count). The lowest BCUT2D eigenvalue weighted by molar-refractivity contribution is -0.0146. The Morgan fingerprint density at radius 2 is 1.72 bits per heavy atom. The van der Waals surface area contributed by atoms with E-state index in [0.29, 0.717) is 11.0 Å². The third-order valence-electron chi connectivity index (χ3n) is 6.57. The monoisotopic (exact) mass is 453 g/mol. The molecule has 0 radical (unpaired) electrons. The predicted molar refractivity (Wildman–Crippen MR) is 123 cm³/mol. The van der Waals surface area contributed by atoms with Crippen LogP contribution < -0.4 is 4.90 Å². The van der Waals surface area contributed by atoms with Crippen LogP contribution in [0.3, 0.4) is 0 Å². The van der Waals surface area contributed by atoms with Crippen molar-refractivity contribution in [1.82, 2.24) is 19.9 Å². The highest BCUT2D eigenvalue weighted by molar-refractivity contribution is 6.29. The highest BCUT2D eigenvalue weighted by Gasteiger charge is 2.38. The largest absolute Gasteiger partial charge is 0.379 e. The van der Waals surface area contributed by atoms with Crippen LogP contribution >= 0.6 is 11.6 Å². The number of morpholine rings is 1. The summed E-state index contributed by atoms with van der Waals surface area (Å²) in [7, 11) is 0. The van der Waals surface area contributed by atoms with Gasteiger partial charge in [-0.2, -0.15) is 0 Å². The molecule has 0 amide bonds. The Bertz CT molecular complexity index is 982. The maximum Gasteiger partial charge on any atom is 0.205 e. The lowest BCUT2D eigenvalue weighted by Crippen LogP contribution is -2.44. The molecule has 2 aromatic rings. The van der Waals surface area contributed by atoms with Crippen LogP contribution in [0.1, 0.15) is 42.6 Å². The SMILES string of the molecule is Clc1cc(N2CCC3(CCCO3)CC2)c(C#Cc2ncc(CN3CCOCC3)cn2)cn1. The van der Waals surface area contributed by atoms with Gasteiger partial charge in [-0.3, -0.25) is 4.90 Å². The zero-order valence-corrected chi connectivity index (χ0v) is 19.0. The van der Waals surface area contributed by atoms with Crippen LogP contribution in [0.4, 0.5) is 5.69 Å². The van der Waals surface area contributed by atoms with Crippen LogP contribution in [0.5, 0.6) is 0 Å². The van der Waals surface area contributed by atoms with Crippen LogP contribution in [0, 0.1) is 11.8 Å². The molecule has 5 heterocycles. The summed E-state index contributed by atoms with van der Waals surface area (Å²) >= 11 is 6.22. The van der Waals surface area contributed by atoms with Crippen molar-refractivity contribution in [2.75, 3.05) is 50.9 Å². The van der Waals surface area contributed by atoms with Crippen molar-refractivity contribution in [2.24, 2.45) is 0 Å². The maximum absolute atomic E-state index is 6.22. The molecule has 3 saturated heterocycles. The topological polar surface area (TPSA) is 63.6 Å². The first-order valence-corrected chi connectivity index (χ1v) is 11.7. The molecule has 2 aromatic heterocycles. The van der Waals surface area contributed by atoms with E-state index < -0.39 is 0 Å². The Hall–Kier alpha value is -2.24. The molecule has 7 nitrogen and oxygen atoms in total. The number of halogens is 1. The molecule has 0 atom stereocenters.